The monoisotopic (exact) mass is 402 g/mol. The molecule has 0 fully saturated rings. The Kier molecular flexibility index (Phi) is 4.99. The Morgan fingerprint density at radius 2 is 1.93 bits per heavy atom. The van der Waals surface area contributed by atoms with Crippen LogP contribution in [0.3, 0.4) is 0 Å². The molecule has 1 aromatic carbocycles. The summed E-state index contributed by atoms with van der Waals surface area (Å²) in [6.45, 7) is 1.74. The predicted octanol–water partition coefficient (Wildman–Crippen LogP) is 2.62. The van der Waals surface area contributed by atoms with Crippen LogP contribution in [0.15, 0.2) is 30.3 Å². The number of hydrogen-bond acceptors (Lipinski definition) is 5. The van der Waals surface area contributed by atoms with Gasteiger partial charge in [-0.15, -0.1) is 5.10 Å². The summed E-state index contributed by atoms with van der Waals surface area (Å²) in [6.07, 6.45) is 0.712. The minimum Gasteiger partial charge on any atom is -0.309 e. The first-order valence-electron chi connectivity index (χ1n) is 9.07. The number of carbonyl (C=O) groups excluding carboxylic acids is 1. The van der Waals surface area contributed by atoms with Crippen LogP contribution in [-0.2, 0) is 17.8 Å². The summed E-state index contributed by atoms with van der Waals surface area (Å²) in [5, 5.41) is 11.7. The number of benzene rings is 1. The van der Waals surface area contributed by atoms with Gasteiger partial charge in [0.2, 0.25) is 17.7 Å². The lowest BCUT2D eigenvalue weighted by molar-refractivity contribution is -0.116. The zero-order valence-electron chi connectivity index (χ0n) is 15.5. The Labute approximate surface area is 164 Å². The Morgan fingerprint density at radius 3 is 2.66 bits per heavy atom. The number of anilines is 1. The van der Waals surface area contributed by atoms with Crippen LogP contribution in [0.5, 0.6) is 0 Å². The molecule has 0 saturated carbocycles. The molecule has 0 N–H and O–H groups in total. The highest BCUT2D eigenvalue weighted by Gasteiger charge is 2.38. The first-order chi connectivity index (χ1) is 14.0. The van der Waals surface area contributed by atoms with Crippen LogP contribution in [0.2, 0.25) is 0 Å². The Morgan fingerprint density at radius 1 is 1.17 bits per heavy atom. The van der Waals surface area contributed by atoms with Crippen LogP contribution in [0.4, 0.5) is 18.9 Å². The summed E-state index contributed by atoms with van der Waals surface area (Å²) < 4.78 is 43.8. The standard InChI is InChI=1S/C19H17F3N6O/c1-11(29)27-10-13(15-17(27)16(20)19(22)23-18(15)21)7-8-14-24-25-26-28(14)9-12-5-3-2-4-6-12/h2-6,13H,7-10H2,1H3. The normalized spacial score (nSPS) is 15.6. The molecule has 0 aliphatic carbocycles. The highest BCUT2D eigenvalue weighted by atomic mass is 19.2. The first kappa shape index (κ1) is 19.0. The molecular weight excluding hydrogens is 385 g/mol. The Balaban J connectivity index is 1.56. The molecule has 150 valence electrons. The molecular formula is C19H17F3N6O. The van der Waals surface area contributed by atoms with Gasteiger partial charge in [-0.25, -0.2) is 4.68 Å². The SMILES string of the molecule is CC(=O)N1CC(CCc2nnnn2Cc2ccccc2)c2c(F)nc(F)c(F)c21. The minimum atomic E-state index is -1.56. The van der Waals surface area contributed by atoms with Gasteiger partial charge in [-0.1, -0.05) is 30.3 Å². The lowest BCUT2D eigenvalue weighted by atomic mass is 9.97. The van der Waals surface area contributed by atoms with Crippen molar-refractivity contribution in [2.45, 2.75) is 32.2 Å². The topological polar surface area (TPSA) is 76.8 Å². The van der Waals surface area contributed by atoms with Crippen molar-refractivity contribution < 1.29 is 18.0 Å². The zero-order valence-corrected chi connectivity index (χ0v) is 15.5. The number of aromatic nitrogens is 5. The van der Waals surface area contributed by atoms with Gasteiger partial charge >= 0.3 is 0 Å². The van der Waals surface area contributed by atoms with Gasteiger partial charge in [-0.2, -0.15) is 18.2 Å². The Bertz CT molecular complexity index is 1060. The van der Waals surface area contributed by atoms with E-state index >= 15 is 0 Å². The summed E-state index contributed by atoms with van der Waals surface area (Å²) in [7, 11) is 0. The quantitative estimate of drug-likeness (QED) is 0.613. The minimum absolute atomic E-state index is 0.0455. The molecule has 0 saturated heterocycles. The molecule has 1 aliphatic rings. The van der Waals surface area contributed by atoms with E-state index in [0.717, 1.165) is 10.5 Å². The average Bonchev–Trinajstić information content (AvgIpc) is 3.30. The van der Waals surface area contributed by atoms with Gasteiger partial charge in [-0.3, -0.25) is 4.79 Å². The van der Waals surface area contributed by atoms with Gasteiger partial charge < -0.3 is 4.90 Å². The van der Waals surface area contributed by atoms with Crippen molar-refractivity contribution in [3.63, 3.8) is 0 Å². The summed E-state index contributed by atoms with van der Waals surface area (Å²) >= 11 is 0. The van der Waals surface area contributed by atoms with Crippen molar-refractivity contribution in [2.24, 2.45) is 0 Å². The summed E-state index contributed by atoms with van der Waals surface area (Å²) in [6, 6.07) is 9.62. The number of nitrogens with zero attached hydrogens (tertiary/aromatic N) is 6. The highest BCUT2D eigenvalue weighted by Crippen LogP contribution is 2.42. The molecule has 29 heavy (non-hydrogen) atoms. The van der Waals surface area contributed by atoms with Crippen LogP contribution in [-0.4, -0.2) is 37.6 Å². The fraction of sp³-hybridized carbons (Fsp3) is 0.316. The van der Waals surface area contributed by atoms with E-state index < -0.39 is 29.5 Å². The number of hydrogen-bond donors (Lipinski definition) is 0. The van der Waals surface area contributed by atoms with Gasteiger partial charge in [0, 0.05) is 31.4 Å². The number of carbonyl (C=O) groups is 1. The molecule has 3 heterocycles. The van der Waals surface area contributed by atoms with E-state index in [1.165, 1.54) is 6.92 Å². The predicted molar refractivity (Wildman–Crippen MR) is 96.6 cm³/mol. The molecule has 1 unspecified atom stereocenters. The molecule has 7 nitrogen and oxygen atoms in total. The third-order valence-electron chi connectivity index (χ3n) is 5.02. The summed E-state index contributed by atoms with van der Waals surface area (Å²) in [4.78, 5) is 15.9. The smallest absolute Gasteiger partial charge is 0.253 e. The fourth-order valence-corrected chi connectivity index (χ4v) is 3.64. The van der Waals surface area contributed by atoms with Crippen LogP contribution in [0.1, 0.15) is 36.2 Å². The number of aryl methyl sites for hydroxylation is 1. The molecule has 0 spiro atoms. The third kappa shape index (κ3) is 3.57. The van der Waals surface area contributed by atoms with Crippen LogP contribution in [0, 0.1) is 17.7 Å². The van der Waals surface area contributed by atoms with Gasteiger partial charge in [0.1, 0.15) is 0 Å². The second kappa shape index (κ2) is 7.61. The molecule has 3 aromatic rings. The Hall–Kier alpha value is -3.30. The molecule has 1 amide bonds. The largest absolute Gasteiger partial charge is 0.309 e. The molecule has 1 atom stereocenters. The number of fused-ring (bicyclic) bond motifs is 1. The highest BCUT2D eigenvalue weighted by molar-refractivity contribution is 5.94. The van der Waals surface area contributed by atoms with Crippen molar-refractivity contribution in [3.05, 3.63) is 65.0 Å². The lowest BCUT2D eigenvalue weighted by Gasteiger charge is -2.15. The van der Waals surface area contributed by atoms with Crippen LogP contribution in [0.25, 0.3) is 0 Å². The van der Waals surface area contributed by atoms with Gasteiger partial charge in [-0.05, 0) is 22.4 Å². The molecule has 0 radical (unpaired) electrons. The third-order valence-corrected chi connectivity index (χ3v) is 5.02. The molecule has 2 aromatic heterocycles. The van der Waals surface area contributed by atoms with Crippen molar-refractivity contribution in [1.82, 2.24) is 25.2 Å². The maximum absolute atomic E-state index is 14.3. The maximum Gasteiger partial charge on any atom is 0.253 e. The van der Waals surface area contributed by atoms with Crippen molar-refractivity contribution in [3.8, 4) is 0 Å². The number of halogens is 3. The number of amides is 1. The average molecular weight is 402 g/mol. The number of rotatable bonds is 5. The molecule has 0 bridgehead atoms. The van der Waals surface area contributed by atoms with E-state index in [9.17, 15) is 18.0 Å². The lowest BCUT2D eigenvalue weighted by Crippen LogP contribution is -2.28. The molecule has 1 aliphatic heterocycles. The fourth-order valence-electron chi connectivity index (χ4n) is 3.64. The van der Waals surface area contributed by atoms with E-state index in [2.05, 4.69) is 20.5 Å². The number of pyridine rings is 1. The van der Waals surface area contributed by atoms with Crippen molar-refractivity contribution in [1.29, 1.82) is 0 Å². The molecule has 4 rings (SSSR count). The van der Waals surface area contributed by atoms with Gasteiger partial charge in [0.25, 0.3) is 5.95 Å². The summed E-state index contributed by atoms with van der Waals surface area (Å²) in [5.41, 5.74) is 0.570. The zero-order chi connectivity index (χ0) is 20.5. The van der Waals surface area contributed by atoms with E-state index in [1.54, 1.807) is 4.68 Å². The molecule has 10 heteroatoms. The van der Waals surface area contributed by atoms with Crippen molar-refractivity contribution in [2.75, 3.05) is 11.4 Å². The summed E-state index contributed by atoms with van der Waals surface area (Å²) in [5.74, 6) is -4.43. The second-order valence-electron chi connectivity index (χ2n) is 6.87. The van der Waals surface area contributed by atoms with E-state index in [-0.39, 0.29) is 17.8 Å². The van der Waals surface area contributed by atoms with E-state index in [4.69, 9.17) is 0 Å². The first-order valence-corrected chi connectivity index (χ1v) is 9.07. The van der Waals surface area contributed by atoms with Crippen LogP contribution >= 0.6 is 0 Å². The second-order valence-corrected chi connectivity index (χ2v) is 6.87. The maximum atomic E-state index is 14.3. The van der Waals surface area contributed by atoms with Crippen molar-refractivity contribution >= 4 is 11.6 Å². The van der Waals surface area contributed by atoms with E-state index in [1.807, 2.05) is 30.3 Å². The van der Waals surface area contributed by atoms with Crippen LogP contribution < -0.4 is 4.90 Å². The van der Waals surface area contributed by atoms with Gasteiger partial charge in [0.05, 0.1) is 12.2 Å². The van der Waals surface area contributed by atoms with E-state index in [0.29, 0.717) is 25.2 Å². The van der Waals surface area contributed by atoms with Gasteiger partial charge in [0.15, 0.2) is 5.82 Å². The number of tetrazole rings is 1.